The molecule has 1 atom stereocenters. The van der Waals surface area contributed by atoms with Crippen LogP contribution in [0.15, 0.2) is 53.0 Å². The third-order valence-corrected chi connectivity index (χ3v) is 6.80. The van der Waals surface area contributed by atoms with Crippen molar-refractivity contribution in [1.29, 1.82) is 0 Å². The molecule has 0 aliphatic heterocycles. The second-order valence-electron chi connectivity index (χ2n) is 6.03. The van der Waals surface area contributed by atoms with Crippen LogP contribution in [0.3, 0.4) is 0 Å². The Kier molecular flexibility index (Phi) is 6.76. The highest BCUT2D eigenvalue weighted by Gasteiger charge is 2.23. The third-order valence-electron chi connectivity index (χ3n) is 4.04. The number of sulfonamides is 1. The van der Waals surface area contributed by atoms with Crippen LogP contribution >= 0.6 is 23.4 Å². The standard InChI is InChI=1S/C17H21ClN6O2S2/c1-3-24-16(20-21-17(24)27-11-10-23-9-8-19-12-23)13(2)22-28(25,26)15-6-4-14(18)5-7-15/h4-9,12-13,22H,3,10-11H2,1-2H3/t13-/m1/s1. The summed E-state index contributed by atoms with van der Waals surface area (Å²) in [4.78, 5) is 4.17. The SMILES string of the molecule is CCn1c(SCCn2ccnc2)nnc1[C@@H](C)NS(=O)(=O)c1ccc(Cl)cc1. The molecule has 0 radical (unpaired) electrons. The van der Waals surface area contributed by atoms with Crippen molar-refractivity contribution in [3.05, 3.63) is 53.8 Å². The Morgan fingerprint density at radius 1 is 1.25 bits per heavy atom. The molecular weight excluding hydrogens is 420 g/mol. The van der Waals surface area contributed by atoms with Crippen molar-refractivity contribution in [2.45, 2.75) is 43.0 Å². The van der Waals surface area contributed by atoms with E-state index in [1.807, 2.05) is 22.3 Å². The molecule has 2 heterocycles. The maximum Gasteiger partial charge on any atom is 0.241 e. The number of hydrogen-bond donors (Lipinski definition) is 1. The maximum atomic E-state index is 12.6. The number of rotatable bonds is 9. The van der Waals surface area contributed by atoms with E-state index in [1.165, 1.54) is 12.1 Å². The summed E-state index contributed by atoms with van der Waals surface area (Å²) in [6, 6.07) is 5.50. The van der Waals surface area contributed by atoms with Crippen LogP contribution < -0.4 is 4.72 Å². The lowest BCUT2D eigenvalue weighted by Crippen LogP contribution is -2.29. The van der Waals surface area contributed by atoms with Gasteiger partial charge in [0.1, 0.15) is 0 Å². The summed E-state index contributed by atoms with van der Waals surface area (Å²) in [5, 5.41) is 9.70. The van der Waals surface area contributed by atoms with Crippen molar-refractivity contribution in [1.82, 2.24) is 29.0 Å². The number of nitrogens with one attached hydrogen (secondary N) is 1. The van der Waals surface area contributed by atoms with Gasteiger partial charge in [-0.3, -0.25) is 0 Å². The van der Waals surface area contributed by atoms with Gasteiger partial charge in [0, 0.05) is 36.3 Å². The van der Waals surface area contributed by atoms with Gasteiger partial charge in [0.15, 0.2) is 11.0 Å². The van der Waals surface area contributed by atoms with Gasteiger partial charge in [-0.1, -0.05) is 23.4 Å². The topological polar surface area (TPSA) is 94.7 Å². The van der Waals surface area contributed by atoms with Gasteiger partial charge in [-0.05, 0) is 38.1 Å². The minimum atomic E-state index is -3.69. The van der Waals surface area contributed by atoms with Crippen molar-refractivity contribution in [3.63, 3.8) is 0 Å². The van der Waals surface area contributed by atoms with Crippen molar-refractivity contribution >= 4 is 33.4 Å². The fraction of sp³-hybridized carbons (Fsp3) is 0.353. The number of halogens is 1. The largest absolute Gasteiger partial charge is 0.337 e. The van der Waals surface area contributed by atoms with Gasteiger partial charge in [-0.25, -0.2) is 18.1 Å². The van der Waals surface area contributed by atoms with Crippen LogP contribution in [-0.4, -0.2) is 38.5 Å². The number of hydrogen-bond acceptors (Lipinski definition) is 6. The minimum absolute atomic E-state index is 0.154. The van der Waals surface area contributed by atoms with Gasteiger partial charge in [0.05, 0.1) is 17.3 Å². The molecule has 3 rings (SSSR count). The van der Waals surface area contributed by atoms with Crippen LogP contribution in [0.2, 0.25) is 5.02 Å². The molecule has 0 amide bonds. The van der Waals surface area contributed by atoms with Crippen LogP contribution in [0, 0.1) is 0 Å². The van der Waals surface area contributed by atoms with E-state index in [9.17, 15) is 8.42 Å². The number of benzene rings is 1. The van der Waals surface area contributed by atoms with Gasteiger partial charge in [0.2, 0.25) is 10.0 Å². The van der Waals surface area contributed by atoms with E-state index in [4.69, 9.17) is 11.6 Å². The smallest absolute Gasteiger partial charge is 0.241 e. The zero-order chi connectivity index (χ0) is 20.1. The van der Waals surface area contributed by atoms with E-state index in [0.717, 1.165) is 17.5 Å². The first-order valence-electron chi connectivity index (χ1n) is 8.70. The molecule has 0 unspecified atom stereocenters. The van der Waals surface area contributed by atoms with Crippen molar-refractivity contribution in [2.24, 2.45) is 0 Å². The van der Waals surface area contributed by atoms with E-state index in [1.54, 1.807) is 43.3 Å². The van der Waals surface area contributed by atoms with E-state index in [2.05, 4.69) is 19.9 Å². The lowest BCUT2D eigenvalue weighted by molar-refractivity contribution is 0.539. The summed E-state index contributed by atoms with van der Waals surface area (Å²) < 4.78 is 31.8. The summed E-state index contributed by atoms with van der Waals surface area (Å²) in [7, 11) is -3.69. The predicted molar refractivity (Wildman–Crippen MR) is 109 cm³/mol. The molecule has 0 spiro atoms. The maximum absolute atomic E-state index is 12.6. The summed E-state index contributed by atoms with van der Waals surface area (Å²) in [5.41, 5.74) is 0. The lowest BCUT2D eigenvalue weighted by Gasteiger charge is -2.15. The molecular formula is C17H21ClN6O2S2. The number of aryl methyl sites for hydroxylation is 1. The van der Waals surface area contributed by atoms with E-state index in [0.29, 0.717) is 17.4 Å². The average molecular weight is 441 g/mol. The van der Waals surface area contributed by atoms with E-state index in [-0.39, 0.29) is 4.90 Å². The Morgan fingerprint density at radius 3 is 2.64 bits per heavy atom. The molecule has 2 aromatic heterocycles. The Balaban J connectivity index is 1.70. The normalized spacial score (nSPS) is 13.0. The zero-order valence-corrected chi connectivity index (χ0v) is 17.9. The molecule has 0 fully saturated rings. The first-order chi connectivity index (χ1) is 13.4. The molecule has 11 heteroatoms. The Morgan fingerprint density at radius 2 is 2.00 bits per heavy atom. The van der Waals surface area contributed by atoms with Gasteiger partial charge in [-0.2, -0.15) is 0 Å². The molecule has 1 N–H and O–H groups in total. The van der Waals surface area contributed by atoms with E-state index < -0.39 is 16.1 Å². The molecule has 8 nitrogen and oxygen atoms in total. The van der Waals surface area contributed by atoms with Gasteiger partial charge >= 0.3 is 0 Å². The van der Waals surface area contributed by atoms with Crippen LogP contribution in [0.1, 0.15) is 25.7 Å². The molecule has 0 aliphatic carbocycles. The van der Waals surface area contributed by atoms with Crippen molar-refractivity contribution < 1.29 is 8.42 Å². The molecule has 1 aromatic carbocycles. The second kappa shape index (κ2) is 9.08. The molecule has 150 valence electrons. The molecule has 0 aliphatic rings. The van der Waals surface area contributed by atoms with Crippen LogP contribution in [0.5, 0.6) is 0 Å². The quantitative estimate of drug-likeness (QED) is 0.514. The summed E-state index contributed by atoms with van der Waals surface area (Å²) in [6.07, 6.45) is 5.42. The van der Waals surface area contributed by atoms with Crippen molar-refractivity contribution in [2.75, 3.05) is 5.75 Å². The Hall–Kier alpha value is -1.88. The molecule has 28 heavy (non-hydrogen) atoms. The molecule has 0 bridgehead atoms. The van der Waals surface area contributed by atoms with Crippen LogP contribution in [0.4, 0.5) is 0 Å². The number of imidazole rings is 1. The molecule has 3 aromatic rings. The highest BCUT2D eigenvalue weighted by atomic mass is 35.5. The number of thioether (sulfide) groups is 1. The second-order valence-corrected chi connectivity index (χ2v) is 9.24. The Bertz CT molecular complexity index is 1000. The van der Waals surface area contributed by atoms with Crippen LogP contribution in [0.25, 0.3) is 0 Å². The monoisotopic (exact) mass is 440 g/mol. The third kappa shape index (κ3) is 4.93. The lowest BCUT2D eigenvalue weighted by atomic mass is 10.3. The first-order valence-corrected chi connectivity index (χ1v) is 11.5. The zero-order valence-electron chi connectivity index (χ0n) is 15.5. The molecule has 0 saturated carbocycles. The number of nitrogens with zero attached hydrogens (tertiary/aromatic N) is 5. The highest BCUT2D eigenvalue weighted by Crippen LogP contribution is 2.22. The van der Waals surface area contributed by atoms with Crippen LogP contribution in [-0.2, 0) is 23.1 Å². The van der Waals surface area contributed by atoms with Crippen molar-refractivity contribution in [3.8, 4) is 0 Å². The highest BCUT2D eigenvalue weighted by molar-refractivity contribution is 7.99. The van der Waals surface area contributed by atoms with Gasteiger partial charge in [0.25, 0.3) is 0 Å². The first kappa shape index (κ1) is 20.8. The summed E-state index contributed by atoms with van der Waals surface area (Å²) in [5.74, 6) is 1.38. The fourth-order valence-corrected chi connectivity index (χ4v) is 4.94. The minimum Gasteiger partial charge on any atom is -0.337 e. The Labute approximate surface area is 173 Å². The average Bonchev–Trinajstić information content (AvgIpc) is 3.31. The predicted octanol–water partition coefficient (Wildman–Crippen LogP) is 2.98. The summed E-state index contributed by atoms with van der Waals surface area (Å²) in [6.45, 7) is 5.18. The fourth-order valence-electron chi connectivity index (χ4n) is 2.65. The number of aromatic nitrogens is 5. The van der Waals surface area contributed by atoms with Gasteiger partial charge < -0.3 is 9.13 Å². The van der Waals surface area contributed by atoms with E-state index >= 15 is 0 Å². The molecule has 0 saturated heterocycles. The summed E-state index contributed by atoms with van der Waals surface area (Å²) >= 11 is 7.41. The van der Waals surface area contributed by atoms with Gasteiger partial charge in [-0.15, -0.1) is 10.2 Å².